The fraction of sp³-hybridized carbons (Fsp3) is 0.513. The Morgan fingerprint density at radius 2 is 1.65 bits per heavy atom. The Kier molecular flexibility index (Phi) is 10.3. The van der Waals surface area contributed by atoms with Gasteiger partial charge in [-0.3, -0.25) is 14.7 Å². The third-order valence-electron chi connectivity index (χ3n) is 9.67. The van der Waals surface area contributed by atoms with Crippen molar-refractivity contribution in [3.63, 3.8) is 0 Å². The molecule has 3 fully saturated rings. The van der Waals surface area contributed by atoms with Gasteiger partial charge in [0.1, 0.15) is 11.4 Å². The quantitative estimate of drug-likeness (QED) is 0.306. The average Bonchev–Trinajstić information content (AvgIpc) is 3.81. The molecule has 51 heavy (non-hydrogen) atoms. The van der Waals surface area contributed by atoms with Gasteiger partial charge in [0.2, 0.25) is 5.91 Å². The number of rotatable bonds is 9. The van der Waals surface area contributed by atoms with Crippen molar-refractivity contribution in [1.29, 1.82) is 5.26 Å². The maximum absolute atomic E-state index is 14.1. The number of aromatic amines is 1. The van der Waals surface area contributed by atoms with Crippen LogP contribution >= 0.6 is 0 Å². The van der Waals surface area contributed by atoms with E-state index in [1.807, 2.05) is 39.1 Å². The highest BCUT2D eigenvalue weighted by atomic mass is 16.6. The number of aromatic nitrogens is 2. The Morgan fingerprint density at radius 1 is 0.941 bits per heavy atom. The van der Waals surface area contributed by atoms with Gasteiger partial charge in [-0.25, -0.2) is 4.79 Å². The number of amides is 3. The third-order valence-corrected chi connectivity index (χ3v) is 9.67. The highest BCUT2D eigenvalue weighted by Gasteiger charge is 2.39. The van der Waals surface area contributed by atoms with Gasteiger partial charge in [-0.2, -0.15) is 10.4 Å². The lowest BCUT2D eigenvalue weighted by Crippen LogP contribution is -2.57. The summed E-state index contributed by atoms with van der Waals surface area (Å²) in [5.41, 5.74) is 2.61. The molecule has 12 heteroatoms. The second-order valence-electron chi connectivity index (χ2n) is 15.4. The molecule has 3 aromatic rings. The molecular weight excluding hydrogens is 646 g/mol. The molecule has 1 atom stereocenters. The second-order valence-corrected chi connectivity index (χ2v) is 15.4. The van der Waals surface area contributed by atoms with Crippen LogP contribution in [0.5, 0.6) is 5.75 Å². The molecule has 0 spiro atoms. The number of benzene rings is 2. The molecule has 1 aliphatic carbocycles. The van der Waals surface area contributed by atoms with Crippen molar-refractivity contribution in [3.05, 3.63) is 66.0 Å². The molecule has 2 aliphatic heterocycles. The molecule has 0 unspecified atom stereocenters. The molecule has 0 bridgehead atoms. The lowest BCUT2D eigenvalue weighted by atomic mass is 9.95. The number of anilines is 1. The standard InChI is InChI=1S/C39H49N7O5/c1-38(2,3)51-37(49)44-17-15-43(16-18-44)36(48)39(4,5)50-34-20-28(22-40)19-33(21-34)45-14-6-7-30(26-45)35(47)46(32-12-13-32)25-27-8-10-29(11-9-27)31-23-41-42-24-31/h8-11,19-21,23-24,30,32H,6-7,12-18,25-26H2,1-5H3,(H,41,42)/t30-/m1/s1. The van der Waals surface area contributed by atoms with E-state index >= 15 is 0 Å². The summed E-state index contributed by atoms with van der Waals surface area (Å²) in [6, 6.07) is 16.2. The SMILES string of the molecule is CC(C)(C)OC(=O)N1CCN(C(=O)C(C)(C)Oc2cc(C#N)cc(N3CCC[C@@H](C(=O)N(Cc4ccc(-c5cn[nH]c5)cc4)C4CC4)C3)c2)CC1. The third kappa shape index (κ3) is 8.82. The van der Waals surface area contributed by atoms with Gasteiger partial charge in [0.25, 0.3) is 5.91 Å². The molecule has 0 radical (unpaired) electrons. The van der Waals surface area contributed by atoms with Gasteiger partial charge in [0.05, 0.1) is 23.7 Å². The lowest BCUT2D eigenvalue weighted by Gasteiger charge is -2.39. The summed E-state index contributed by atoms with van der Waals surface area (Å²) in [4.78, 5) is 47.8. The summed E-state index contributed by atoms with van der Waals surface area (Å²) in [5, 5.41) is 16.8. The first-order valence-electron chi connectivity index (χ1n) is 17.9. The minimum Gasteiger partial charge on any atom is -0.478 e. The van der Waals surface area contributed by atoms with Gasteiger partial charge in [0, 0.05) is 75.4 Å². The van der Waals surface area contributed by atoms with Gasteiger partial charge < -0.3 is 29.1 Å². The van der Waals surface area contributed by atoms with E-state index in [0.29, 0.717) is 50.6 Å². The monoisotopic (exact) mass is 695 g/mol. The van der Waals surface area contributed by atoms with Crippen LogP contribution in [0.1, 0.15) is 71.4 Å². The van der Waals surface area contributed by atoms with Crippen molar-refractivity contribution in [3.8, 4) is 22.9 Å². The summed E-state index contributed by atoms with van der Waals surface area (Å²) in [6.07, 6.45) is 6.98. The molecule has 3 aliphatic rings. The fourth-order valence-corrected chi connectivity index (χ4v) is 6.86. The predicted molar refractivity (Wildman–Crippen MR) is 193 cm³/mol. The van der Waals surface area contributed by atoms with Gasteiger partial charge in [-0.1, -0.05) is 24.3 Å². The zero-order valence-corrected chi connectivity index (χ0v) is 30.4. The second kappa shape index (κ2) is 14.7. The number of nitrogens with one attached hydrogen (secondary N) is 1. The number of ether oxygens (including phenoxy) is 2. The minimum absolute atomic E-state index is 0.169. The van der Waals surface area contributed by atoms with Crippen molar-refractivity contribution >= 4 is 23.6 Å². The van der Waals surface area contributed by atoms with Crippen molar-refractivity contribution in [1.82, 2.24) is 24.9 Å². The predicted octanol–water partition coefficient (Wildman–Crippen LogP) is 5.59. The van der Waals surface area contributed by atoms with Gasteiger partial charge in [0.15, 0.2) is 5.60 Å². The zero-order valence-electron chi connectivity index (χ0n) is 30.4. The molecule has 12 nitrogen and oxygen atoms in total. The number of nitriles is 1. The average molecular weight is 696 g/mol. The molecule has 2 aromatic carbocycles. The summed E-state index contributed by atoms with van der Waals surface area (Å²) in [5.74, 6) is 0.224. The Morgan fingerprint density at radius 3 is 2.27 bits per heavy atom. The molecule has 1 aromatic heterocycles. The van der Waals surface area contributed by atoms with Crippen LogP contribution in [0, 0.1) is 17.2 Å². The number of H-pyrrole nitrogens is 1. The van der Waals surface area contributed by atoms with E-state index in [9.17, 15) is 19.6 Å². The highest BCUT2D eigenvalue weighted by molar-refractivity contribution is 5.85. The van der Waals surface area contributed by atoms with Crippen LogP contribution in [0.4, 0.5) is 10.5 Å². The Balaban J connectivity index is 1.10. The maximum atomic E-state index is 14.1. The number of carbonyl (C=O) groups excluding carboxylic acids is 3. The number of hydrogen-bond donors (Lipinski definition) is 1. The maximum Gasteiger partial charge on any atom is 0.410 e. The largest absolute Gasteiger partial charge is 0.478 e. The zero-order chi connectivity index (χ0) is 36.3. The van der Waals surface area contributed by atoms with Crippen molar-refractivity contribution in [2.75, 3.05) is 44.2 Å². The van der Waals surface area contributed by atoms with Crippen LogP contribution < -0.4 is 9.64 Å². The van der Waals surface area contributed by atoms with Crippen LogP contribution in [-0.4, -0.2) is 99.3 Å². The van der Waals surface area contributed by atoms with Crippen molar-refractivity contribution in [2.24, 2.45) is 5.92 Å². The van der Waals surface area contributed by atoms with Crippen LogP contribution in [0.15, 0.2) is 54.9 Å². The molecule has 270 valence electrons. The molecule has 1 saturated carbocycles. The normalized spacial score (nSPS) is 18.2. The number of hydrogen-bond acceptors (Lipinski definition) is 8. The lowest BCUT2D eigenvalue weighted by molar-refractivity contribution is -0.147. The first-order valence-corrected chi connectivity index (χ1v) is 17.9. The molecule has 2 saturated heterocycles. The van der Waals surface area contributed by atoms with Gasteiger partial charge in [-0.15, -0.1) is 0 Å². The van der Waals surface area contributed by atoms with Crippen molar-refractivity contribution < 1.29 is 23.9 Å². The van der Waals surface area contributed by atoms with Crippen molar-refractivity contribution in [2.45, 2.75) is 84.1 Å². The first kappa shape index (κ1) is 35.8. The Hall–Kier alpha value is -5.05. The van der Waals surface area contributed by atoms with Gasteiger partial charge in [-0.05, 0) is 83.6 Å². The minimum atomic E-state index is -1.22. The van der Waals surface area contributed by atoms with Crippen LogP contribution in [0.2, 0.25) is 0 Å². The molecule has 3 amide bonds. The van der Waals surface area contributed by atoms with E-state index in [2.05, 4.69) is 50.3 Å². The van der Waals surface area contributed by atoms with Crippen LogP contribution in [0.3, 0.4) is 0 Å². The highest BCUT2D eigenvalue weighted by Crippen LogP contribution is 2.34. The van der Waals surface area contributed by atoms with Gasteiger partial charge >= 0.3 is 6.09 Å². The smallest absolute Gasteiger partial charge is 0.410 e. The summed E-state index contributed by atoms with van der Waals surface area (Å²) in [7, 11) is 0. The van der Waals surface area contributed by atoms with E-state index < -0.39 is 11.2 Å². The molecule has 3 heterocycles. The van der Waals surface area contributed by atoms with E-state index in [1.54, 1.807) is 35.9 Å². The Labute approximate surface area is 300 Å². The molecular formula is C39H49N7O5. The van der Waals surface area contributed by atoms with E-state index in [-0.39, 0.29) is 29.9 Å². The summed E-state index contributed by atoms with van der Waals surface area (Å²) < 4.78 is 11.8. The van der Waals surface area contributed by atoms with E-state index in [4.69, 9.17) is 9.47 Å². The van der Waals surface area contributed by atoms with E-state index in [1.165, 1.54) is 0 Å². The van der Waals surface area contributed by atoms with Crippen LogP contribution in [0.25, 0.3) is 11.1 Å². The number of nitrogens with zero attached hydrogens (tertiary/aromatic N) is 6. The Bertz CT molecular complexity index is 1750. The first-order chi connectivity index (χ1) is 24.3. The summed E-state index contributed by atoms with van der Waals surface area (Å²) in [6.45, 7) is 12.3. The number of carbonyl (C=O) groups is 3. The molecule has 1 N–H and O–H groups in total. The number of piperazine rings is 1. The topological polar surface area (TPSA) is 135 Å². The number of piperidine rings is 1. The fourth-order valence-electron chi connectivity index (χ4n) is 6.86. The molecule has 6 rings (SSSR count). The van der Waals surface area contributed by atoms with Crippen LogP contribution in [-0.2, 0) is 20.9 Å². The summed E-state index contributed by atoms with van der Waals surface area (Å²) >= 11 is 0. The van der Waals surface area contributed by atoms with E-state index in [0.717, 1.165) is 54.6 Å².